The second-order valence-electron chi connectivity index (χ2n) is 6.26. The molecule has 2 aromatic heterocycles. The van der Waals surface area contributed by atoms with E-state index in [0.717, 1.165) is 16.6 Å². The van der Waals surface area contributed by atoms with Crippen molar-refractivity contribution in [2.75, 3.05) is 0 Å². The molecular formula is C21H14N4O3S. The van der Waals surface area contributed by atoms with Crippen molar-refractivity contribution in [3.8, 4) is 17.4 Å². The van der Waals surface area contributed by atoms with Crippen LogP contribution in [0, 0.1) is 28.4 Å². The number of hydrogen-bond donors (Lipinski definition) is 1. The third kappa shape index (κ3) is 3.90. The Balaban J connectivity index is 1.62. The van der Waals surface area contributed by atoms with E-state index in [1.54, 1.807) is 37.3 Å². The molecule has 0 aliphatic rings. The number of nitro benzene ring substituents is 1. The van der Waals surface area contributed by atoms with Crippen LogP contribution in [0.2, 0.25) is 0 Å². The van der Waals surface area contributed by atoms with Crippen LogP contribution in [0.15, 0.2) is 69.1 Å². The number of nitrogens with one attached hydrogen (secondary N) is 1. The molecule has 7 nitrogen and oxygen atoms in total. The number of para-hydroxylation sites is 2. The van der Waals surface area contributed by atoms with Gasteiger partial charge in [-0.1, -0.05) is 18.2 Å². The average Bonchev–Trinajstić information content (AvgIpc) is 3.33. The van der Waals surface area contributed by atoms with Gasteiger partial charge < -0.3 is 9.40 Å². The van der Waals surface area contributed by atoms with Gasteiger partial charge in [0.25, 0.3) is 5.69 Å². The van der Waals surface area contributed by atoms with Crippen molar-refractivity contribution >= 4 is 34.6 Å². The summed E-state index contributed by atoms with van der Waals surface area (Å²) in [5.74, 6) is 0.795. The lowest BCUT2D eigenvalue weighted by Gasteiger charge is -2.01. The van der Waals surface area contributed by atoms with Crippen LogP contribution in [-0.4, -0.2) is 14.9 Å². The second kappa shape index (κ2) is 7.66. The number of furan rings is 1. The maximum absolute atomic E-state index is 11.4. The molecular weight excluding hydrogens is 388 g/mol. The molecule has 0 saturated carbocycles. The maximum atomic E-state index is 11.4. The normalized spacial score (nSPS) is 11.5. The average molecular weight is 402 g/mol. The zero-order chi connectivity index (χ0) is 20.4. The number of benzene rings is 2. The number of thioether (sulfide) groups is 1. The Hall–Kier alpha value is -3.83. The summed E-state index contributed by atoms with van der Waals surface area (Å²) in [6.07, 6.45) is 1.58. The number of H-pyrrole nitrogens is 1. The number of allylic oxidation sites excluding steroid dienone is 1. The van der Waals surface area contributed by atoms with E-state index in [-0.39, 0.29) is 5.69 Å². The SMILES string of the molecule is Cc1ccc(-c2ccc(/C=C(\C#N)Sc3nc4ccccc4[nH]3)o2)c([N+](=O)[O-])c1. The van der Waals surface area contributed by atoms with E-state index >= 15 is 0 Å². The van der Waals surface area contributed by atoms with Gasteiger partial charge in [0.2, 0.25) is 0 Å². The summed E-state index contributed by atoms with van der Waals surface area (Å²) in [5.41, 5.74) is 2.87. The Morgan fingerprint density at radius 2 is 2.10 bits per heavy atom. The second-order valence-corrected chi connectivity index (χ2v) is 7.29. The summed E-state index contributed by atoms with van der Waals surface area (Å²) in [6, 6.07) is 18.0. The quantitative estimate of drug-likeness (QED) is 0.199. The molecule has 142 valence electrons. The van der Waals surface area contributed by atoms with E-state index in [2.05, 4.69) is 16.0 Å². The van der Waals surface area contributed by atoms with Crippen LogP contribution in [0.3, 0.4) is 0 Å². The van der Waals surface area contributed by atoms with E-state index in [1.807, 2.05) is 24.3 Å². The van der Waals surface area contributed by atoms with Crippen LogP contribution in [0.4, 0.5) is 5.69 Å². The van der Waals surface area contributed by atoms with Crippen molar-refractivity contribution in [1.29, 1.82) is 5.26 Å². The molecule has 0 aliphatic carbocycles. The lowest BCUT2D eigenvalue weighted by atomic mass is 10.1. The van der Waals surface area contributed by atoms with Gasteiger partial charge in [-0.15, -0.1) is 0 Å². The van der Waals surface area contributed by atoms with Crippen molar-refractivity contribution in [3.05, 3.63) is 80.9 Å². The molecule has 0 fully saturated rings. The number of nitriles is 1. The van der Waals surface area contributed by atoms with Gasteiger partial charge in [0, 0.05) is 12.1 Å². The molecule has 0 amide bonds. The number of nitrogens with zero attached hydrogens (tertiary/aromatic N) is 3. The first-order valence-electron chi connectivity index (χ1n) is 8.63. The standard InChI is InChI=1S/C21H14N4O3S/c1-13-6-8-16(19(10-13)25(26)27)20-9-7-14(28-20)11-15(12-22)29-21-23-17-4-2-3-5-18(17)24-21/h2-11H,1H3,(H,23,24)/b15-11+. The number of aromatic nitrogens is 2. The largest absolute Gasteiger partial charge is 0.456 e. The molecule has 0 bridgehead atoms. The van der Waals surface area contributed by atoms with Crippen LogP contribution >= 0.6 is 11.8 Å². The fourth-order valence-corrected chi connectivity index (χ4v) is 3.61. The smallest absolute Gasteiger partial charge is 0.280 e. The number of hydrogen-bond acceptors (Lipinski definition) is 6. The van der Waals surface area contributed by atoms with Gasteiger partial charge in [-0.25, -0.2) is 4.98 Å². The first kappa shape index (κ1) is 18.5. The topological polar surface area (TPSA) is 109 Å². The predicted molar refractivity (Wildman–Crippen MR) is 111 cm³/mol. The molecule has 2 heterocycles. The first-order valence-corrected chi connectivity index (χ1v) is 9.45. The molecule has 0 unspecified atom stereocenters. The van der Waals surface area contributed by atoms with Crippen LogP contribution in [0.5, 0.6) is 0 Å². The summed E-state index contributed by atoms with van der Waals surface area (Å²) < 4.78 is 5.75. The molecule has 4 rings (SSSR count). The maximum Gasteiger partial charge on any atom is 0.280 e. The molecule has 8 heteroatoms. The Morgan fingerprint density at radius 1 is 1.28 bits per heavy atom. The molecule has 4 aromatic rings. The van der Waals surface area contributed by atoms with E-state index in [0.29, 0.717) is 27.1 Å². The summed E-state index contributed by atoms with van der Waals surface area (Å²) in [7, 11) is 0. The summed E-state index contributed by atoms with van der Waals surface area (Å²) in [4.78, 5) is 18.9. The van der Waals surface area contributed by atoms with Crippen molar-refractivity contribution < 1.29 is 9.34 Å². The number of nitro groups is 1. The van der Waals surface area contributed by atoms with Crippen LogP contribution in [0.1, 0.15) is 11.3 Å². The molecule has 0 aliphatic heterocycles. The highest BCUT2D eigenvalue weighted by Crippen LogP contribution is 2.33. The van der Waals surface area contributed by atoms with Gasteiger partial charge in [-0.05, 0) is 54.6 Å². The zero-order valence-corrected chi connectivity index (χ0v) is 16.1. The van der Waals surface area contributed by atoms with Crippen molar-refractivity contribution in [2.45, 2.75) is 12.1 Å². The van der Waals surface area contributed by atoms with Crippen molar-refractivity contribution in [3.63, 3.8) is 0 Å². The molecule has 0 atom stereocenters. The van der Waals surface area contributed by atoms with Gasteiger partial charge in [-0.2, -0.15) is 5.26 Å². The zero-order valence-electron chi connectivity index (χ0n) is 15.2. The highest BCUT2D eigenvalue weighted by atomic mass is 32.2. The molecule has 1 N–H and O–H groups in total. The van der Waals surface area contributed by atoms with Gasteiger partial charge in [0.1, 0.15) is 17.6 Å². The Labute approximate surface area is 169 Å². The van der Waals surface area contributed by atoms with Crippen LogP contribution in [0.25, 0.3) is 28.4 Å². The lowest BCUT2D eigenvalue weighted by molar-refractivity contribution is -0.384. The van der Waals surface area contributed by atoms with Crippen LogP contribution in [-0.2, 0) is 0 Å². The van der Waals surface area contributed by atoms with E-state index in [9.17, 15) is 15.4 Å². The van der Waals surface area contributed by atoms with Gasteiger partial charge >= 0.3 is 0 Å². The van der Waals surface area contributed by atoms with Gasteiger partial charge in [0.05, 0.1) is 26.4 Å². The Kier molecular flexibility index (Phi) is 4.89. The summed E-state index contributed by atoms with van der Waals surface area (Å²) in [6.45, 7) is 1.79. The number of imidazole rings is 1. The molecule has 0 spiro atoms. The fourth-order valence-electron chi connectivity index (χ4n) is 2.87. The molecule has 0 radical (unpaired) electrons. The lowest BCUT2D eigenvalue weighted by Crippen LogP contribution is -1.92. The minimum atomic E-state index is -0.432. The third-order valence-electron chi connectivity index (χ3n) is 4.20. The van der Waals surface area contributed by atoms with E-state index < -0.39 is 4.92 Å². The minimum Gasteiger partial charge on any atom is -0.456 e. The third-order valence-corrected chi connectivity index (χ3v) is 5.02. The Bertz CT molecular complexity index is 1260. The summed E-state index contributed by atoms with van der Waals surface area (Å²) in [5, 5.41) is 21.4. The van der Waals surface area contributed by atoms with E-state index in [4.69, 9.17) is 4.42 Å². The number of rotatable bonds is 5. The number of fused-ring (bicyclic) bond motifs is 1. The monoisotopic (exact) mass is 402 g/mol. The molecule has 29 heavy (non-hydrogen) atoms. The Morgan fingerprint density at radius 3 is 2.86 bits per heavy atom. The highest BCUT2D eigenvalue weighted by molar-refractivity contribution is 8.03. The molecule has 2 aromatic carbocycles. The minimum absolute atomic E-state index is 0.0213. The molecule has 0 saturated heterocycles. The first-order chi connectivity index (χ1) is 14.0. The number of aromatic amines is 1. The van der Waals surface area contributed by atoms with Crippen molar-refractivity contribution in [1.82, 2.24) is 9.97 Å². The number of aryl methyl sites for hydroxylation is 1. The van der Waals surface area contributed by atoms with Crippen molar-refractivity contribution in [2.24, 2.45) is 0 Å². The van der Waals surface area contributed by atoms with Crippen LogP contribution < -0.4 is 0 Å². The van der Waals surface area contributed by atoms with E-state index in [1.165, 1.54) is 17.8 Å². The van der Waals surface area contributed by atoms with Gasteiger partial charge in [0.15, 0.2) is 5.16 Å². The highest BCUT2D eigenvalue weighted by Gasteiger charge is 2.18. The summed E-state index contributed by atoms with van der Waals surface area (Å²) >= 11 is 1.19. The predicted octanol–water partition coefficient (Wildman–Crippen LogP) is 5.70. The van der Waals surface area contributed by atoms with Gasteiger partial charge in [-0.3, -0.25) is 10.1 Å². The fraction of sp³-hybridized carbons (Fsp3) is 0.0476.